The fourth-order valence-corrected chi connectivity index (χ4v) is 4.56. The standard InChI is InChI=1S/C14H24N4O2S/c1-10-13(9-15-11-7-8-11)14(17-16-10)21(19,20)18(2)12-5-3-4-6-12/h11-12,15H,3-9H2,1-2H3,(H,16,17). The molecule has 1 heterocycles. The van der Waals surface area contributed by atoms with Gasteiger partial charge in [-0.05, 0) is 32.6 Å². The molecule has 2 fully saturated rings. The molecule has 0 aliphatic heterocycles. The van der Waals surface area contributed by atoms with Crippen LogP contribution in [0.5, 0.6) is 0 Å². The Labute approximate surface area is 126 Å². The van der Waals surface area contributed by atoms with E-state index >= 15 is 0 Å². The van der Waals surface area contributed by atoms with Gasteiger partial charge in [0.15, 0.2) is 5.03 Å². The third kappa shape index (κ3) is 3.00. The molecule has 2 aliphatic rings. The first-order valence-corrected chi connectivity index (χ1v) is 9.19. The van der Waals surface area contributed by atoms with E-state index in [2.05, 4.69) is 15.5 Å². The zero-order valence-corrected chi connectivity index (χ0v) is 13.5. The van der Waals surface area contributed by atoms with Crippen molar-refractivity contribution in [3.8, 4) is 0 Å². The van der Waals surface area contributed by atoms with Crippen LogP contribution in [0.25, 0.3) is 0 Å². The zero-order chi connectivity index (χ0) is 15.0. The summed E-state index contributed by atoms with van der Waals surface area (Å²) in [6.45, 7) is 2.45. The SMILES string of the molecule is Cc1[nH]nc(S(=O)(=O)N(C)C2CCCC2)c1CNC1CC1. The summed E-state index contributed by atoms with van der Waals surface area (Å²) in [6, 6.07) is 0.665. The first kappa shape index (κ1) is 15.0. The van der Waals surface area contributed by atoms with Crippen molar-refractivity contribution in [2.75, 3.05) is 7.05 Å². The summed E-state index contributed by atoms with van der Waals surface area (Å²) in [5, 5.41) is 10.5. The molecule has 6 nitrogen and oxygen atoms in total. The minimum Gasteiger partial charge on any atom is -0.310 e. The van der Waals surface area contributed by atoms with Crippen LogP contribution >= 0.6 is 0 Å². The Hall–Kier alpha value is -0.920. The number of sulfonamides is 1. The Balaban J connectivity index is 1.83. The summed E-state index contributed by atoms with van der Waals surface area (Å²) in [4.78, 5) is 0. The molecule has 3 rings (SSSR count). The second-order valence-corrected chi connectivity index (χ2v) is 8.16. The smallest absolute Gasteiger partial charge is 0.262 e. The average Bonchev–Trinajstić information content (AvgIpc) is 2.98. The Morgan fingerprint density at radius 2 is 1.95 bits per heavy atom. The molecule has 0 atom stereocenters. The van der Waals surface area contributed by atoms with Crippen molar-refractivity contribution in [2.24, 2.45) is 0 Å². The Morgan fingerprint density at radius 1 is 1.29 bits per heavy atom. The molecule has 0 unspecified atom stereocenters. The summed E-state index contributed by atoms with van der Waals surface area (Å²) >= 11 is 0. The maximum Gasteiger partial charge on any atom is 0.262 e. The zero-order valence-electron chi connectivity index (χ0n) is 12.7. The number of hydrogen-bond donors (Lipinski definition) is 2. The molecule has 0 bridgehead atoms. The van der Waals surface area contributed by atoms with Crippen LogP contribution in [-0.4, -0.2) is 42.1 Å². The second kappa shape index (κ2) is 5.70. The van der Waals surface area contributed by atoms with Gasteiger partial charge >= 0.3 is 0 Å². The second-order valence-electron chi connectivity index (χ2n) is 6.25. The van der Waals surface area contributed by atoms with E-state index in [-0.39, 0.29) is 11.1 Å². The lowest BCUT2D eigenvalue weighted by Gasteiger charge is -2.23. The van der Waals surface area contributed by atoms with Crippen molar-refractivity contribution >= 4 is 10.0 Å². The van der Waals surface area contributed by atoms with E-state index in [1.54, 1.807) is 7.05 Å². The highest BCUT2D eigenvalue weighted by Crippen LogP contribution is 2.29. The van der Waals surface area contributed by atoms with Crippen LogP contribution in [0.4, 0.5) is 0 Å². The maximum absolute atomic E-state index is 12.8. The highest BCUT2D eigenvalue weighted by atomic mass is 32.2. The monoisotopic (exact) mass is 312 g/mol. The first-order valence-electron chi connectivity index (χ1n) is 7.75. The van der Waals surface area contributed by atoms with E-state index in [1.165, 1.54) is 17.1 Å². The molecule has 0 radical (unpaired) electrons. The van der Waals surface area contributed by atoms with Crippen LogP contribution in [0.2, 0.25) is 0 Å². The molecule has 2 aliphatic carbocycles. The largest absolute Gasteiger partial charge is 0.310 e. The van der Waals surface area contributed by atoms with Gasteiger partial charge in [-0.3, -0.25) is 5.10 Å². The minimum atomic E-state index is -3.51. The third-order valence-electron chi connectivity index (χ3n) is 4.64. The van der Waals surface area contributed by atoms with Gasteiger partial charge in [0.1, 0.15) is 0 Å². The van der Waals surface area contributed by atoms with Crippen molar-refractivity contribution in [1.29, 1.82) is 0 Å². The third-order valence-corrected chi connectivity index (χ3v) is 6.53. The molecule has 1 aromatic rings. The Bertz CT molecular complexity index is 600. The number of nitrogens with one attached hydrogen (secondary N) is 2. The van der Waals surface area contributed by atoms with Gasteiger partial charge in [0.05, 0.1) is 0 Å². The quantitative estimate of drug-likeness (QED) is 0.835. The number of aryl methyl sites for hydroxylation is 1. The highest BCUT2D eigenvalue weighted by Gasteiger charge is 2.34. The lowest BCUT2D eigenvalue weighted by atomic mass is 10.2. The minimum absolute atomic E-state index is 0.122. The van der Waals surface area contributed by atoms with E-state index in [0.29, 0.717) is 12.6 Å². The summed E-state index contributed by atoms with van der Waals surface area (Å²) in [5.41, 5.74) is 1.62. The molecule has 0 amide bonds. The number of H-pyrrole nitrogens is 1. The molecular formula is C14H24N4O2S. The molecule has 0 aromatic carbocycles. The lowest BCUT2D eigenvalue weighted by Crippen LogP contribution is -2.36. The summed E-state index contributed by atoms with van der Waals surface area (Å²) in [6.07, 6.45) is 6.49. The van der Waals surface area contributed by atoms with Gasteiger partial charge in [-0.15, -0.1) is 0 Å². The van der Waals surface area contributed by atoms with Gasteiger partial charge in [0.25, 0.3) is 10.0 Å². The van der Waals surface area contributed by atoms with E-state index in [9.17, 15) is 8.42 Å². The number of aromatic amines is 1. The lowest BCUT2D eigenvalue weighted by molar-refractivity contribution is 0.371. The Morgan fingerprint density at radius 3 is 2.57 bits per heavy atom. The molecule has 2 N–H and O–H groups in total. The van der Waals surface area contributed by atoms with Crippen molar-refractivity contribution in [1.82, 2.24) is 19.8 Å². The first-order chi connectivity index (χ1) is 10.00. The van der Waals surface area contributed by atoms with Gasteiger partial charge in [-0.2, -0.15) is 9.40 Å². The highest BCUT2D eigenvalue weighted by molar-refractivity contribution is 7.89. The predicted octanol–water partition coefficient (Wildman–Crippen LogP) is 1.53. The average molecular weight is 312 g/mol. The molecule has 21 heavy (non-hydrogen) atoms. The number of nitrogens with zero attached hydrogens (tertiary/aromatic N) is 2. The molecule has 0 spiro atoms. The molecule has 0 saturated heterocycles. The van der Waals surface area contributed by atoms with E-state index in [0.717, 1.165) is 36.9 Å². The summed E-state index contributed by atoms with van der Waals surface area (Å²) in [7, 11) is -1.82. The normalized spacial score (nSPS) is 20.5. The van der Waals surface area contributed by atoms with Crippen molar-refractivity contribution in [3.63, 3.8) is 0 Å². The van der Waals surface area contributed by atoms with Gasteiger partial charge in [-0.1, -0.05) is 12.8 Å². The predicted molar refractivity (Wildman–Crippen MR) is 80.4 cm³/mol. The molecule has 118 valence electrons. The fraction of sp³-hybridized carbons (Fsp3) is 0.786. The van der Waals surface area contributed by atoms with Crippen LogP contribution in [0.15, 0.2) is 5.03 Å². The summed E-state index contributed by atoms with van der Waals surface area (Å²) < 4.78 is 27.2. The fourth-order valence-electron chi connectivity index (χ4n) is 2.99. The van der Waals surface area contributed by atoms with Crippen LogP contribution < -0.4 is 5.32 Å². The van der Waals surface area contributed by atoms with Crippen molar-refractivity contribution in [2.45, 2.75) is 69.1 Å². The molecular weight excluding hydrogens is 288 g/mol. The molecule has 2 saturated carbocycles. The van der Waals surface area contributed by atoms with Gasteiger partial charge < -0.3 is 5.32 Å². The maximum atomic E-state index is 12.8. The molecule has 1 aromatic heterocycles. The van der Waals surface area contributed by atoms with E-state index < -0.39 is 10.0 Å². The van der Waals surface area contributed by atoms with Crippen LogP contribution in [-0.2, 0) is 16.6 Å². The summed E-state index contributed by atoms with van der Waals surface area (Å²) in [5.74, 6) is 0. The Kier molecular flexibility index (Phi) is 4.07. The van der Waals surface area contributed by atoms with Crippen LogP contribution in [0.1, 0.15) is 49.8 Å². The topological polar surface area (TPSA) is 78.1 Å². The van der Waals surface area contributed by atoms with Gasteiger partial charge in [-0.25, -0.2) is 8.42 Å². The number of hydrogen-bond acceptors (Lipinski definition) is 4. The van der Waals surface area contributed by atoms with Crippen LogP contribution in [0, 0.1) is 6.92 Å². The number of rotatable bonds is 6. The van der Waals surface area contributed by atoms with E-state index in [1.807, 2.05) is 6.92 Å². The number of aromatic nitrogens is 2. The van der Waals surface area contributed by atoms with Gasteiger partial charge in [0.2, 0.25) is 0 Å². The van der Waals surface area contributed by atoms with Gasteiger partial charge in [0, 0.05) is 36.9 Å². The van der Waals surface area contributed by atoms with Crippen molar-refractivity contribution < 1.29 is 8.42 Å². The molecule has 7 heteroatoms. The van der Waals surface area contributed by atoms with E-state index in [4.69, 9.17) is 0 Å². The van der Waals surface area contributed by atoms with Crippen LogP contribution in [0.3, 0.4) is 0 Å². The van der Waals surface area contributed by atoms with Crippen molar-refractivity contribution in [3.05, 3.63) is 11.3 Å².